The molecule has 0 radical (unpaired) electrons. The Morgan fingerprint density at radius 1 is 1.35 bits per heavy atom. The van der Waals surface area contributed by atoms with Gasteiger partial charge in [-0.05, 0) is 24.7 Å². The molecule has 0 saturated carbocycles. The first-order valence-corrected chi connectivity index (χ1v) is 7.31. The van der Waals surface area contributed by atoms with Crippen LogP contribution in [-0.2, 0) is 9.53 Å². The summed E-state index contributed by atoms with van der Waals surface area (Å²) >= 11 is 1.64. The van der Waals surface area contributed by atoms with Gasteiger partial charge in [0.1, 0.15) is 0 Å². The molecular weight excluding hydrogens is 232 g/mol. The number of allylic oxidation sites excluding steroid dienone is 2. The highest BCUT2D eigenvalue weighted by atomic mass is 32.2. The fourth-order valence-electron chi connectivity index (χ4n) is 1.76. The molecule has 2 atom stereocenters. The van der Waals surface area contributed by atoms with Crippen molar-refractivity contribution in [2.24, 2.45) is 11.8 Å². The average molecular weight is 256 g/mol. The van der Waals surface area contributed by atoms with Crippen molar-refractivity contribution in [2.45, 2.75) is 45.3 Å². The molecule has 0 aromatic rings. The number of thioether (sulfide) groups is 1. The van der Waals surface area contributed by atoms with E-state index in [0.29, 0.717) is 24.2 Å². The second-order valence-electron chi connectivity index (χ2n) is 5.76. The lowest BCUT2D eigenvalue weighted by atomic mass is 9.85. The van der Waals surface area contributed by atoms with Crippen LogP contribution in [0.3, 0.4) is 0 Å². The van der Waals surface area contributed by atoms with Crippen LogP contribution in [0, 0.1) is 11.8 Å². The molecule has 0 heterocycles. The van der Waals surface area contributed by atoms with Crippen LogP contribution in [0.4, 0.5) is 0 Å². The topological polar surface area (TPSA) is 26.3 Å². The lowest BCUT2D eigenvalue weighted by molar-refractivity contribution is -0.142. The predicted octanol–water partition coefficient (Wildman–Crippen LogP) is 3.66. The van der Waals surface area contributed by atoms with E-state index >= 15 is 0 Å². The largest absolute Gasteiger partial charge is 0.465 e. The molecule has 0 aliphatic heterocycles. The van der Waals surface area contributed by atoms with Gasteiger partial charge in [-0.25, -0.2) is 0 Å². The summed E-state index contributed by atoms with van der Waals surface area (Å²) in [6, 6.07) is 0. The lowest BCUT2D eigenvalue weighted by Crippen LogP contribution is -2.23. The third-order valence-corrected chi connectivity index (χ3v) is 4.25. The molecular formula is C14H24O2S. The minimum absolute atomic E-state index is 0.0771. The number of carbonyl (C=O) groups is 1. The Balaban J connectivity index is 2.21. The Labute approximate surface area is 109 Å². The van der Waals surface area contributed by atoms with Gasteiger partial charge in [0.25, 0.3) is 0 Å². The molecule has 1 aliphatic rings. The first-order chi connectivity index (χ1) is 7.88. The Morgan fingerprint density at radius 3 is 2.59 bits per heavy atom. The highest BCUT2D eigenvalue weighted by molar-refractivity contribution is 8.01. The van der Waals surface area contributed by atoms with Gasteiger partial charge in [0.05, 0.1) is 12.4 Å². The van der Waals surface area contributed by atoms with Gasteiger partial charge in [0.2, 0.25) is 0 Å². The number of esters is 1. The number of hydrogen-bond acceptors (Lipinski definition) is 3. The molecule has 98 valence electrons. The number of ether oxygens (including phenoxy) is 1. The zero-order chi connectivity index (χ0) is 12.9. The second-order valence-corrected chi connectivity index (χ2v) is 7.57. The third-order valence-electron chi connectivity index (χ3n) is 3.00. The molecule has 0 fully saturated rings. The molecule has 1 rings (SSSR count). The summed E-state index contributed by atoms with van der Waals surface area (Å²) in [5.41, 5.74) is 0. The maximum Gasteiger partial charge on any atom is 0.315 e. The predicted molar refractivity (Wildman–Crippen MR) is 74.2 cm³/mol. The van der Waals surface area contributed by atoms with Gasteiger partial charge in [0.15, 0.2) is 0 Å². The van der Waals surface area contributed by atoms with Crippen molar-refractivity contribution in [3.63, 3.8) is 0 Å². The zero-order valence-corrected chi connectivity index (χ0v) is 12.2. The highest BCUT2D eigenvalue weighted by Crippen LogP contribution is 2.26. The van der Waals surface area contributed by atoms with Crippen molar-refractivity contribution in [3.8, 4) is 0 Å². The van der Waals surface area contributed by atoms with E-state index in [1.165, 1.54) is 0 Å². The Morgan fingerprint density at radius 2 is 2.00 bits per heavy atom. The maximum atomic E-state index is 11.6. The standard InChI is InChI=1S/C14H24O2S/c1-11-7-5-6-8-12(11)9-16-13(15)10-17-14(2,3)4/h5-6,11-12H,7-10H2,1-4H3/t11-,12-/m0/s1. The molecule has 1 aliphatic carbocycles. The van der Waals surface area contributed by atoms with Gasteiger partial charge in [-0.3, -0.25) is 4.79 Å². The van der Waals surface area contributed by atoms with E-state index in [0.717, 1.165) is 12.8 Å². The van der Waals surface area contributed by atoms with Gasteiger partial charge in [-0.1, -0.05) is 39.8 Å². The van der Waals surface area contributed by atoms with Crippen LogP contribution in [-0.4, -0.2) is 23.1 Å². The van der Waals surface area contributed by atoms with Crippen LogP contribution in [0.5, 0.6) is 0 Å². The van der Waals surface area contributed by atoms with Crippen LogP contribution in [0.2, 0.25) is 0 Å². The molecule has 3 heteroatoms. The van der Waals surface area contributed by atoms with E-state index in [1.807, 2.05) is 0 Å². The van der Waals surface area contributed by atoms with Crippen LogP contribution < -0.4 is 0 Å². The summed E-state index contributed by atoms with van der Waals surface area (Å²) < 4.78 is 5.48. The van der Waals surface area contributed by atoms with Crippen molar-refractivity contribution in [2.75, 3.05) is 12.4 Å². The minimum atomic E-state index is -0.0771. The van der Waals surface area contributed by atoms with Crippen molar-refractivity contribution >= 4 is 17.7 Å². The molecule has 0 bridgehead atoms. The normalized spacial score (nSPS) is 24.7. The monoisotopic (exact) mass is 256 g/mol. The molecule has 0 N–H and O–H groups in total. The molecule has 17 heavy (non-hydrogen) atoms. The van der Waals surface area contributed by atoms with Crippen LogP contribution in [0.25, 0.3) is 0 Å². The molecule has 0 spiro atoms. The molecule has 0 aromatic heterocycles. The molecule has 2 nitrogen and oxygen atoms in total. The first kappa shape index (κ1) is 14.6. The first-order valence-electron chi connectivity index (χ1n) is 6.33. The average Bonchev–Trinajstić information content (AvgIpc) is 2.24. The van der Waals surface area contributed by atoms with Gasteiger partial charge < -0.3 is 4.74 Å². The summed E-state index contributed by atoms with van der Waals surface area (Å²) in [4.78, 5) is 11.6. The highest BCUT2D eigenvalue weighted by Gasteiger charge is 2.20. The number of carbonyl (C=O) groups excluding carboxylic acids is 1. The van der Waals surface area contributed by atoms with E-state index in [9.17, 15) is 4.79 Å². The van der Waals surface area contributed by atoms with Crippen LogP contribution >= 0.6 is 11.8 Å². The van der Waals surface area contributed by atoms with Crippen molar-refractivity contribution in [1.29, 1.82) is 0 Å². The van der Waals surface area contributed by atoms with Crippen molar-refractivity contribution in [3.05, 3.63) is 12.2 Å². The summed E-state index contributed by atoms with van der Waals surface area (Å²) in [7, 11) is 0. The van der Waals surface area contributed by atoms with E-state index < -0.39 is 0 Å². The number of rotatable bonds is 4. The van der Waals surface area contributed by atoms with E-state index in [-0.39, 0.29) is 10.7 Å². The van der Waals surface area contributed by atoms with Gasteiger partial charge >= 0.3 is 5.97 Å². The Kier molecular flexibility index (Phi) is 5.57. The summed E-state index contributed by atoms with van der Waals surface area (Å²) in [5.74, 6) is 1.51. The Hall–Kier alpha value is -0.440. The maximum absolute atomic E-state index is 11.6. The molecule has 0 unspecified atom stereocenters. The molecule has 0 amide bonds. The van der Waals surface area contributed by atoms with Gasteiger partial charge in [-0.2, -0.15) is 0 Å². The fraction of sp³-hybridized carbons (Fsp3) is 0.786. The number of hydrogen-bond donors (Lipinski definition) is 0. The summed E-state index contributed by atoms with van der Waals surface area (Å²) in [5, 5.41) is 0. The zero-order valence-electron chi connectivity index (χ0n) is 11.4. The fourth-order valence-corrected chi connectivity index (χ4v) is 2.39. The summed E-state index contributed by atoms with van der Waals surface area (Å²) in [6.45, 7) is 9.14. The smallest absolute Gasteiger partial charge is 0.315 e. The molecule has 0 aromatic carbocycles. The molecule has 0 saturated heterocycles. The third kappa shape index (κ3) is 6.16. The summed E-state index contributed by atoms with van der Waals surface area (Å²) in [6.07, 6.45) is 6.57. The van der Waals surface area contributed by atoms with E-state index in [4.69, 9.17) is 4.74 Å². The van der Waals surface area contributed by atoms with Gasteiger partial charge in [0, 0.05) is 4.75 Å². The van der Waals surface area contributed by atoms with Crippen molar-refractivity contribution < 1.29 is 9.53 Å². The van der Waals surface area contributed by atoms with E-state index in [2.05, 4.69) is 39.8 Å². The van der Waals surface area contributed by atoms with Crippen molar-refractivity contribution in [1.82, 2.24) is 0 Å². The van der Waals surface area contributed by atoms with Crippen LogP contribution in [0.1, 0.15) is 40.5 Å². The second kappa shape index (κ2) is 6.48. The van der Waals surface area contributed by atoms with E-state index in [1.54, 1.807) is 11.8 Å². The SMILES string of the molecule is C[C@H]1CC=CC[C@H]1COC(=O)CSC(C)(C)C. The lowest BCUT2D eigenvalue weighted by Gasteiger charge is -2.25. The minimum Gasteiger partial charge on any atom is -0.465 e. The van der Waals surface area contributed by atoms with Gasteiger partial charge in [-0.15, -0.1) is 11.8 Å². The quantitative estimate of drug-likeness (QED) is 0.567. The Bertz CT molecular complexity index is 278. The van der Waals surface area contributed by atoms with Crippen LogP contribution in [0.15, 0.2) is 12.2 Å².